The van der Waals surface area contributed by atoms with E-state index in [0.717, 1.165) is 5.92 Å². The number of hydrogen-bond acceptors (Lipinski definition) is 3. The normalized spacial score (nSPS) is 24.2. The molecule has 118 valence electrons. The van der Waals surface area contributed by atoms with E-state index in [4.69, 9.17) is 0 Å². The lowest BCUT2D eigenvalue weighted by molar-refractivity contribution is 0.189. The second-order valence-electron chi connectivity index (χ2n) is 6.71. The summed E-state index contributed by atoms with van der Waals surface area (Å²) in [5, 5.41) is 3.82. The van der Waals surface area contributed by atoms with Gasteiger partial charge in [-0.05, 0) is 105 Å². The van der Waals surface area contributed by atoms with Crippen LogP contribution in [-0.2, 0) is 6.42 Å². The van der Waals surface area contributed by atoms with E-state index in [-0.39, 0.29) is 0 Å². The SMILES string of the molecule is CC1CCN(CCCNC2CCCc3sc(I)cc32)CC1. The van der Waals surface area contributed by atoms with Crippen molar-refractivity contribution in [2.75, 3.05) is 26.2 Å². The molecule has 1 saturated heterocycles. The Morgan fingerprint density at radius 3 is 2.95 bits per heavy atom. The van der Waals surface area contributed by atoms with Crippen LogP contribution in [0.4, 0.5) is 0 Å². The monoisotopic (exact) mass is 418 g/mol. The largest absolute Gasteiger partial charge is 0.310 e. The van der Waals surface area contributed by atoms with Crippen molar-refractivity contribution in [3.63, 3.8) is 0 Å². The Hall–Kier alpha value is 0.350. The minimum absolute atomic E-state index is 0.620. The van der Waals surface area contributed by atoms with Crippen LogP contribution in [0.1, 0.15) is 55.5 Å². The van der Waals surface area contributed by atoms with Gasteiger partial charge in [0.1, 0.15) is 0 Å². The average Bonchev–Trinajstić information content (AvgIpc) is 2.86. The molecule has 2 nitrogen and oxygen atoms in total. The van der Waals surface area contributed by atoms with Gasteiger partial charge in [-0.3, -0.25) is 0 Å². The molecule has 1 aromatic rings. The van der Waals surface area contributed by atoms with Gasteiger partial charge < -0.3 is 10.2 Å². The van der Waals surface area contributed by atoms with Crippen LogP contribution in [0, 0.1) is 8.80 Å². The van der Waals surface area contributed by atoms with Crippen LogP contribution in [-0.4, -0.2) is 31.1 Å². The predicted octanol–water partition coefficient (Wildman–Crippen LogP) is 4.44. The fourth-order valence-corrected chi connectivity index (χ4v) is 5.72. The Morgan fingerprint density at radius 1 is 1.33 bits per heavy atom. The molecule has 1 aromatic heterocycles. The highest BCUT2D eigenvalue weighted by Crippen LogP contribution is 2.36. The standard InChI is InChI=1S/C17H27IN2S/c1-13-6-10-20(11-7-13)9-3-8-19-15-4-2-5-16-14(15)12-17(18)21-16/h12-13,15,19H,2-11H2,1H3. The molecule has 1 aliphatic carbocycles. The third-order valence-corrected chi connectivity index (χ3v) is 6.97. The molecule has 4 heteroatoms. The zero-order valence-electron chi connectivity index (χ0n) is 13.0. The van der Waals surface area contributed by atoms with Crippen molar-refractivity contribution in [2.45, 2.75) is 51.5 Å². The summed E-state index contributed by atoms with van der Waals surface area (Å²) in [6, 6.07) is 3.03. The van der Waals surface area contributed by atoms with Crippen molar-refractivity contribution in [1.82, 2.24) is 10.2 Å². The molecule has 0 aromatic carbocycles. The topological polar surface area (TPSA) is 15.3 Å². The molecule has 1 unspecified atom stereocenters. The van der Waals surface area contributed by atoms with Gasteiger partial charge >= 0.3 is 0 Å². The van der Waals surface area contributed by atoms with Gasteiger partial charge in [0.05, 0.1) is 2.88 Å². The Bertz CT molecular complexity index is 452. The molecule has 1 aliphatic heterocycles. The van der Waals surface area contributed by atoms with Crippen LogP contribution in [0.2, 0.25) is 0 Å². The maximum Gasteiger partial charge on any atom is 0.0659 e. The lowest BCUT2D eigenvalue weighted by atomic mass is 9.94. The van der Waals surface area contributed by atoms with Crippen molar-refractivity contribution in [3.8, 4) is 0 Å². The fraction of sp³-hybridized carbons (Fsp3) is 0.765. The molecule has 2 aliphatic rings. The summed E-state index contributed by atoms with van der Waals surface area (Å²) < 4.78 is 1.45. The first kappa shape index (κ1) is 16.2. The van der Waals surface area contributed by atoms with Gasteiger partial charge in [-0.1, -0.05) is 6.92 Å². The first-order valence-electron chi connectivity index (χ1n) is 8.46. The van der Waals surface area contributed by atoms with Crippen LogP contribution in [0.3, 0.4) is 0 Å². The van der Waals surface area contributed by atoms with Gasteiger partial charge in [0.2, 0.25) is 0 Å². The van der Waals surface area contributed by atoms with Gasteiger partial charge in [-0.2, -0.15) is 0 Å². The molecule has 1 N–H and O–H groups in total. The molecule has 3 rings (SSSR count). The summed E-state index contributed by atoms with van der Waals surface area (Å²) in [7, 11) is 0. The lowest BCUT2D eigenvalue weighted by Gasteiger charge is -2.30. The second kappa shape index (κ2) is 7.75. The van der Waals surface area contributed by atoms with E-state index in [1.807, 2.05) is 11.3 Å². The number of piperidine rings is 1. The highest BCUT2D eigenvalue weighted by atomic mass is 127. The molecular weight excluding hydrogens is 391 g/mol. The maximum absolute atomic E-state index is 3.82. The number of halogens is 1. The number of likely N-dealkylation sites (tertiary alicyclic amines) is 1. The van der Waals surface area contributed by atoms with Gasteiger partial charge in [0.15, 0.2) is 0 Å². The number of aryl methyl sites for hydroxylation is 1. The minimum Gasteiger partial charge on any atom is -0.310 e. The summed E-state index contributed by atoms with van der Waals surface area (Å²) in [6.07, 6.45) is 8.06. The smallest absolute Gasteiger partial charge is 0.0659 e. The summed E-state index contributed by atoms with van der Waals surface area (Å²) in [6.45, 7) is 7.47. The molecular formula is C17H27IN2S. The third-order valence-electron chi connectivity index (χ3n) is 5.00. The van der Waals surface area contributed by atoms with E-state index in [1.54, 1.807) is 10.4 Å². The van der Waals surface area contributed by atoms with Crippen LogP contribution >= 0.6 is 33.9 Å². The summed E-state index contributed by atoms with van der Waals surface area (Å²) in [5.74, 6) is 0.945. The van der Waals surface area contributed by atoms with E-state index in [2.05, 4.69) is 45.8 Å². The minimum atomic E-state index is 0.620. The Morgan fingerprint density at radius 2 is 2.14 bits per heavy atom. The zero-order chi connectivity index (χ0) is 14.7. The van der Waals surface area contributed by atoms with Gasteiger partial charge in [0, 0.05) is 10.9 Å². The average molecular weight is 418 g/mol. The van der Waals surface area contributed by atoms with E-state index in [1.165, 1.54) is 67.6 Å². The van der Waals surface area contributed by atoms with E-state index in [9.17, 15) is 0 Å². The first-order chi connectivity index (χ1) is 10.2. The van der Waals surface area contributed by atoms with Crippen molar-refractivity contribution >= 4 is 33.9 Å². The summed E-state index contributed by atoms with van der Waals surface area (Å²) in [5.41, 5.74) is 1.60. The number of hydrogen-bond donors (Lipinski definition) is 1. The predicted molar refractivity (Wildman–Crippen MR) is 100 cm³/mol. The number of rotatable bonds is 5. The molecule has 1 atom stereocenters. The Labute approximate surface area is 146 Å². The number of nitrogens with zero attached hydrogens (tertiary/aromatic N) is 1. The van der Waals surface area contributed by atoms with Crippen molar-refractivity contribution in [1.29, 1.82) is 0 Å². The van der Waals surface area contributed by atoms with Crippen molar-refractivity contribution in [3.05, 3.63) is 19.4 Å². The summed E-state index contributed by atoms with van der Waals surface area (Å²) >= 11 is 4.47. The van der Waals surface area contributed by atoms with Crippen LogP contribution in [0.15, 0.2) is 6.07 Å². The molecule has 0 spiro atoms. The second-order valence-corrected chi connectivity index (χ2v) is 9.74. The molecule has 0 radical (unpaired) electrons. The van der Waals surface area contributed by atoms with Gasteiger partial charge in [-0.15, -0.1) is 11.3 Å². The summed E-state index contributed by atoms with van der Waals surface area (Å²) in [4.78, 5) is 4.29. The zero-order valence-corrected chi connectivity index (χ0v) is 16.0. The van der Waals surface area contributed by atoms with E-state index >= 15 is 0 Å². The van der Waals surface area contributed by atoms with Gasteiger partial charge in [0.25, 0.3) is 0 Å². The highest BCUT2D eigenvalue weighted by molar-refractivity contribution is 14.1. The number of nitrogens with one attached hydrogen (secondary N) is 1. The molecule has 0 saturated carbocycles. The molecule has 2 heterocycles. The quantitative estimate of drug-likeness (QED) is 0.562. The van der Waals surface area contributed by atoms with E-state index in [0.29, 0.717) is 6.04 Å². The number of fused-ring (bicyclic) bond motifs is 1. The molecule has 1 fully saturated rings. The fourth-order valence-electron chi connectivity index (χ4n) is 3.60. The van der Waals surface area contributed by atoms with Crippen molar-refractivity contribution < 1.29 is 0 Å². The molecule has 0 bridgehead atoms. The lowest BCUT2D eigenvalue weighted by Crippen LogP contribution is -2.35. The Kier molecular flexibility index (Phi) is 5.99. The van der Waals surface area contributed by atoms with Gasteiger partial charge in [-0.25, -0.2) is 0 Å². The first-order valence-corrected chi connectivity index (χ1v) is 10.4. The molecule has 21 heavy (non-hydrogen) atoms. The van der Waals surface area contributed by atoms with E-state index < -0.39 is 0 Å². The van der Waals surface area contributed by atoms with Crippen molar-refractivity contribution in [2.24, 2.45) is 5.92 Å². The number of thiophene rings is 1. The third kappa shape index (κ3) is 4.43. The Balaban J connectivity index is 1.40. The van der Waals surface area contributed by atoms with Crippen LogP contribution in [0.5, 0.6) is 0 Å². The maximum atomic E-state index is 3.82. The highest BCUT2D eigenvalue weighted by Gasteiger charge is 2.22. The van der Waals surface area contributed by atoms with Crippen LogP contribution < -0.4 is 5.32 Å². The van der Waals surface area contributed by atoms with Crippen LogP contribution in [0.25, 0.3) is 0 Å². The molecule has 0 amide bonds.